The van der Waals surface area contributed by atoms with Crippen LogP contribution >= 0.6 is 0 Å². The molecule has 1 aliphatic carbocycles. The van der Waals surface area contributed by atoms with Gasteiger partial charge in [-0.2, -0.15) is 31.4 Å². The molecule has 0 aromatic carbocycles. The highest BCUT2D eigenvalue weighted by Crippen LogP contribution is 2.41. The van der Waals surface area contributed by atoms with Gasteiger partial charge in [0.15, 0.2) is 16.9 Å². The Morgan fingerprint density at radius 2 is 1.89 bits per heavy atom. The highest BCUT2D eigenvalue weighted by atomic mass is 19.4. The van der Waals surface area contributed by atoms with Crippen molar-refractivity contribution >= 4 is 33.3 Å². The van der Waals surface area contributed by atoms with Crippen LogP contribution in [0.15, 0.2) is 23.1 Å². The van der Waals surface area contributed by atoms with Crippen molar-refractivity contribution in [1.29, 1.82) is 0 Å². The van der Waals surface area contributed by atoms with E-state index in [1.54, 1.807) is 5.32 Å². The van der Waals surface area contributed by atoms with E-state index < -0.39 is 60.0 Å². The van der Waals surface area contributed by atoms with Crippen molar-refractivity contribution in [1.82, 2.24) is 40.4 Å². The Morgan fingerprint density at radius 3 is 2.48 bits per heavy atom. The van der Waals surface area contributed by atoms with Gasteiger partial charge in [0.1, 0.15) is 11.7 Å². The van der Waals surface area contributed by atoms with E-state index in [-0.39, 0.29) is 35.1 Å². The molecule has 2 N–H and O–H groups in total. The molecule has 3 amide bonds. The van der Waals surface area contributed by atoms with Gasteiger partial charge >= 0.3 is 18.4 Å². The Balaban J connectivity index is 1.47. The summed E-state index contributed by atoms with van der Waals surface area (Å²) in [5.74, 6) is -0.831. The molecule has 3 aromatic heterocycles. The molecule has 5 rings (SSSR count). The van der Waals surface area contributed by atoms with E-state index in [9.17, 15) is 35.9 Å². The highest BCUT2D eigenvalue weighted by Gasteiger charge is 2.59. The van der Waals surface area contributed by atoms with Gasteiger partial charge in [0.25, 0.3) is 5.91 Å². The molecule has 2 fully saturated rings. The second kappa shape index (κ2) is 11.7. The molecule has 0 bridgehead atoms. The van der Waals surface area contributed by atoms with E-state index in [4.69, 9.17) is 29.8 Å². The maximum Gasteiger partial charge on any atom is 0.416 e. The van der Waals surface area contributed by atoms with E-state index in [1.165, 1.54) is 30.1 Å². The lowest BCUT2D eigenvalue weighted by Crippen LogP contribution is -2.59. The van der Waals surface area contributed by atoms with Gasteiger partial charge in [-0.1, -0.05) is 5.16 Å². The van der Waals surface area contributed by atoms with Gasteiger partial charge in [-0.25, -0.2) is 18.9 Å². The number of hydrogen-bond acceptors (Lipinski definition) is 9. The summed E-state index contributed by atoms with van der Waals surface area (Å²) >= 11 is 0. The molecule has 2 aliphatic rings. The van der Waals surface area contributed by atoms with Crippen LogP contribution in [0.3, 0.4) is 0 Å². The van der Waals surface area contributed by atoms with Crippen molar-refractivity contribution in [2.24, 2.45) is 0 Å². The quantitative estimate of drug-likeness (QED) is 0.235. The normalized spacial score (nSPS) is 20.2. The van der Waals surface area contributed by atoms with Gasteiger partial charge in [-0.3, -0.25) is 4.79 Å². The van der Waals surface area contributed by atoms with Crippen molar-refractivity contribution in [2.45, 2.75) is 74.0 Å². The number of methoxy groups -OCH3 is 1. The fourth-order valence-corrected chi connectivity index (χ4v) is 4.90. The number of ether oxygens (including phenoxy) is 2. The summed E-state index contributed by atoms with van der Waals surface area (Å²) in [6.45, 7) is 0.590. The number of nitrogens with one attached hydrogen (secondary N) is 2. The molecule has 0 spiro atoms. The second-order valence-corrected chi connectivity index (χ2v) is 11.5. The van der Waals surface area contributed by atoms with Gasteiger partial charge in [-0.05, 0) is 43.2 Å². The fourth-order valence-electron chi connectivity index (χ4n) is 4.90. The Bertz CT molecular complexity index is 1610. The summed E-state index contributed by atoms with van der Waals surface area (Å²) < 4.78 is 97.8. The zero-order chi connectivity index (χ0) is 33.8. The third kappa shape index (κ3) is 6.38. The molecule has 13 nitrogen and oxygen atoms in total. The topological polar surface area (TPSA) is 149 Å². The van der Waals surface area contributed by atoms with Crippen molar-refractivity contribution in [3.8, 4) is 0 Å². The number of hydrogen-bond donors (Lipinski definition) is 2. The molecule has 1 saturated heterocycles. The molecule has 1 aliphatic heterocycles. The third-order valence-electron chi connectivity index (χ3n) is 7.72. The number of rotatable bonds is 11. The molecular weight excluding hydrogens is 628 g/mol. The second-order valence-electron chi connectivity index (χ2n) is 11.5. The van der Waals surface area contributed by atoms with Gasteiger partial charge in [0.2, 0.25) is 0 Å². The average Bonchev–Trinajstić information content (AvgIpc) is 3.40. The highest BCUT2D eigenvalue weighted by molar-refractivity contribution is 6.42. The minimum Gasteiger partial charge on any atom is -0.382 e. The van der Waals surface area contributed by atoms with Crippen molar-refractivity contribution in [2.75, 3.05) is 20.3 Å². The lowest BCUT2D eigenvalue weighted by Gasteiger charge is -2.40. The van der Waals surface area contributed by atoms with Crippen LogP contribution in [0.2, 0.25) is 0 Å². The predicted octanol–water partition coefficient (Wildman–Crippen LogP) is 2.45. The van der Waals surface area contributed by atoms with Crippen LogP contribution in [0.1, 0.15) is 72.1 Å². The molecular formula is C25H26B2F6N8O5. The van der Waals surface area contributed by atoms with E-state index >= 15 is 0 Å². The Morgan fingerprint density at radius 1 is 1.20 bits per heavy atom. The van der Waals surface area contributed by atoms with E-state index in [2.05, 4.69) is 25.7 Å². The first kappa shape index (κ1) is 33.5. The van der Waals surface area contributed by atoms with Crippen molar-refractivity contribution in [3.63, 3.8) is 0 Å². The number of carbonyl (C=O) groups excluding carboxylic acids is 2. The first-order chi connectivity index (χ1) is 21.3. The van der Waals surface area contributed by atoms with Gasteiger partial charge < -0.3 is 25.0 Å². The van der Waals surface area contributed by atoms with Crippen LogP contribution in [0.25, 0.3) is 5.65 Å². The van der Waals surface area contributed by atoms with Crippen LogP contribution in [0.4, 0.5) is 31.1 Å². The molecule has 4 radical (unpaired) electrons. The molecule has 3 atom stereocenters. The zero-order valence-corrected chi connectivity index (χ0v) is 24.5. The first-order valence-corrected chi connectivity index (χ1v) is 13.8. The van der Waals surface area contributed by atoms with Gasteiger partial charge in [-0.15, -0.1) is 0 Å². The summed E-state index contributed by atoms with van der Waals surface area (Å²) in [6, 6.07) is -5.03. The SMILES string of the molecule is [B]C1([B])C(C(F)(F)F)NC(=O)N1C(COC)c1cnn2cc(C(COC(C)(C)C(F)(F)F)NC(=O)c3nonc3C3CC3)nc2c1. The molecule has 46 heavy (non-hydrogen) atoms. The van der Waals surface area contributed by atoms with Crippen LogP contribution in [0.5, 0.6) is 0 Å². The van der Waals surface area contributed by atoms with Crippen molar-refractivity contribution in [3.05, 3.63) is 41.1 Å². The number of amides is 3. The summed E-state index contributed by atoms with van der Waals surface area (Å²) in [6.07, 6.45) is -5.70. The minimum absolute atomic E-state index is 0.00624. The number of aromatic nitrogens is 5. The maximum absolute atomic E-state index is 13.6. The van der Waals surface area contributed by atoms with E-state index in [1.807, 2.05) is 0 Å². The summed E-state index contributed by atoms with van der Waals surface area (Å²) in [5, 5.41) is 13.2. The third-order valence-corrected chi connectivity index (χ3v) is 7.72. The standard InChI is InChI=1S/C25H26B2F6N8O5/c1-22(2,25(31,32)33)45-9-14(36-19(42)18-17(11-4-5-11)38-46-39-18)13-8-40-16(35-13)6-12(7-34-40)15(10-44-3)41-21(43)37-20(23(41,26)27)24(28,29)30/h6-8,11,14-15,20H,4-5,9-10H2,1-3H3,(H,36,42)(H,37,43). The van der Waals surface area contributed by atoms with Crippen LogP contribution in [-0.4, -0.2) is 107 Å². The number of fused-ring (bicyclic) bond motifs is 1. The summed E-state index contributed by atoms with van der Waals surface area (Å²) in [5.41, 5.74) is -2.27. The molecule has 4 heterocycles. The maximum atomic E-state index is 13.6. The predicted molar refractivity (Wildman–Crippen MR) is 145 cm³/mol. The lowest BCUT2D eigenvalue weighted by atomic mass is 9.56. The number of alkyl halides is 6. The number of carbonyl (C=O) groups is 2. The summed E-state index contributed by atoms with van der Waals surface area (Å²) in [7, 11) is 12.9. The summed E-state index contributed by atoms with van der Waals surface area (Å²) in [4.78, 5) is 30.8. The fraction of sp³-hybridized carbons (Fsp3) is 0.600. The molecule has 21 heteroatoms. The average molecular weight is 654 g/mol. The number of urea groups is 1. The number of halogens is 6. The number of imidazole rings is 1. The van der Waals surface area contributed by atoms with Gasteiger partial charge in [0, 0.05) is 18.6 Å². The van der Waals surface area contributed by atoms with E-state index in [0.717, 1.165) is 26.7 Å². The lowest BCUT2D eigenvalue weighted by molar-refractivity contribution is -0.265. The van der Waals surface area contributed by atoms with Crippen LogP contribution in [-0.2, 0) is 9.47 Å². The van der Waals surface area contributed by atoms with Gasteiger partial charge in [0.05, 0.1) is 59.1 Å². The van der Waals surface area contributed by atoms with E-state index in [0.29, 0.717) is 10.6 Å². The monoisotopic (exact) mass is 654 g/mol. The van der Waals surface area contributed by atoms with Crippen LogP contribution < -0.4 is 10.6 Å². The van der Waals surface area contributed by atoms with Crippen LogP contribution in [0, 0.1) is 0 Å². The molecule has 3 aromatic rings. The smallest absolute Gasteiger partial charge is 0.382 e. The van der Waals surface area contributed by atoms with Crippen molar-refractivity contribution < 1.29 is 50.0 Å². The Kier molecular flexibility index (Phi) is 8.54. The largest absolute Gasteiger partial charge is 0.416 e. The molecule has 3 unspecified atom stereocenters. The Hall–Kier alpha value is -3.87. The minimum atomic E-state index is -4.98. The molecule has 1 saturated carbocycles. The number of nitrogens with zero attached hydrogens (tertiary/aromatic N) is 6. The zero-order valence-electron chi connectivity index (χ0n) is 24.5. The first-order valence-electron chi connectivity index (χ1n) is 13.8. The Labute approximate surface area is 259 Å². The molecule has 244 valence electrons.